The molecule has 0 aliphatic rings. The van der Waals surface area contributed by atoms with Crippen molar-refractivity contribution in [2.24, 2.45) is 0 Å². The third-order valence-corrected chi connectivity index (χ3v) is 4.75. The van der Waals surface area contributed by atoms with E-state index >= 15 is 0 Å². The maximum Gasteiger partial charge on any atom is 0.251 e. The van der Waals surface area contributed by atoms with Gasteiger partial charge in [-0.15, -0.1) is 0 Å². The summed E-state index contributed by atoms with van der Waals surface area (Å²) < 4.78 is 12.3. The van der Waals surface area contributed by atoms with Crippen molar-refractivity contribution in [1.29, 1.82) is 0 Å². The van der Waals surface area contributed by atoms with Crippen molar-refractivity contribution in [3.8, 4) is 0 Å². The zero-order valence-electron chi connectivity index (χ0n) is 13.3. The average molecular weight is 409 g/mol. The number of rotatable bonds is 5. The van der Waals surface area contributed by atoms with Gasteiger partial charge in [-0.1, -0.05) is 15.9 Å². The summed E-state index contributed by atoms with van der Waals surface area (Å²) in [4.78, 5) is 24.6. The predicted octanol–water partition coefficient (Wildman–Crippen LogP) is 2.86. The highest BCUT2D eigenvalue weighted by molar-refractivity contribution is 9.10. The van der Waals surface area contributed by atoms with E-state index in [-0.39, 0.29) is 18.4 Å². The predicted molar refractivity (Wildman–Crippen MR) is 98.6 cm³/mol. The fraction of sp³-hybridized carbons (Fsp3) is 0.176. The third kappa shape index (κ3) is 5.01. The molecular weight excluding hydrogens is 392 g/mol. The van der Waals surface area contributed by atoms with Crippen LogP contribution in [0.4, 0.5) is 5.69 Å². The molecule has 0 saturated heterocycles. The summed E-state index contributed by atoms with van der Waals surface area (Å²) in [6, 6.07) is 12.0. The number of carbonyl (C=O) groups excluding carboxylic acids is 2. The fourth-order valence-corrected chi connectivity index (χ4v) is 3.02. The lowest BCUT2D eigenvalue weighted by molar-refractivity contribution is -0.115. The molecule has 7 heteroatoms. The van der Waals surface area contributed by atoms with Gasteiger partial charge in [0.25, 0.3) is 5.91 Å². The molecule has 0 aromatic heterocycles. The van der Waals surface area contributed by atoms with E-state index in [1.165, 1.54) is 0 Å². The molecule has 2 amide bonds. The Bertz CT molecular complexity index is 791. The Morgan fingerprint density at radius 1 is 1.12 bits per heavy atom. The number of carbonyl (C=O) groups is 2. The number of halogens is 1. The quantitative estimate of drug-likeness (QED) is 0.798. The topological polar surface area (TPSA) is 75.3 Å². The van der Waals surface area contributed by atoms with Gasteiger partial charge < -0.3 is 10.6 Å². The second-order valence-electron chi connectivity index (χ2n) is 5.17. The van der Waals surface area contributed by atoms with Crippen LogP contribution in [0.3, 0.4) is 0 Å². The molecule has 0 heterocycles. The van der Waals surface area contributed by atoms with Crippen molar-refractivity contribution >= 4 is 44.2 Å². The maximum atomic E-state index is 12.0. The first kappa shape index (κ1) is 18.4. The zero-order valence-corrected chi connectivity index (χ0v) is 15.7. The highest BCUT2D eigenvalue weighted by Gasteiger charge is 2.10. The van der Waals surface area contributed by atoms with Crippen molar-refractivity contribution in [3.05, 3.63) is 58.1 Å². The lowest BCUT2D eigenvalue weighted by Gasteiger charge is -2.10. The van der Waals surface area contributed by atoms with Crippen LogP contribution in [-0.2, 0) is 15.6 Å². The highest BCUT2D eigenvalue weighted by atomic mass is 79.9. The minimum absolute atomic E-state index is 0.129. The second-order valence-corrected chi connectivity index (χ2v) is 7.46. The zero-order chi connectivity index (χ0) is 17.7. The van der Waals surface area contributed by atoms with E-state index < -0.39 is 10.8 Å². The van der Waals surface area contributed by atoms with E-state index in [9.17, 15) is 13.8 Å². The van der Waals surface area contributed by atoms with Crippen molar-refractivity contribution < 1.29 is 13.8 Å². The Morgan fingerprint density at radius 3 is 2.38 bits per heavy atom. The lowest BCUT2D eigenvalue weighted by atomic mass is 10.2. The number of hydrogen-bond acceptors (Lipinski definition) is 3. The summed E-state index contributed by atoms with van der Waals surface area (Å²) in [5, 5.41) is 5.32. The van der Waals surface area contributed by atoms with Crippen LogP contribution in [0.1, 0.15) is 15.9 Å². The number of aryl methyl sites for hydroxylation is 1. The van der Waals surface area contributed by atoms with Crippen LogP contribution in [0, 0.1) is 6.92 Å². The first-order valence-electron chi connectivity index (χ1n) is 7.14. The first-order valence-corrected chi connectivity index (χ1v) is 9.49. The SMILES string of the molecule is Cc1cc(Br)ccc1NC(=O)CNC(=O)c1ccc(S(C)=O)cc1. The second kappa shape index (κ2) is 8.21. The summed E-state index contributed by atoms with van der Waals surface area (Å²) in [6.45, 7) is 1.76. The van der Waals surface area contributed by atoms with Crippen molar-refractivity contribution in [2.75, 3.05) is 18.1 Å². The highest BCUT2D eigenvalue weighted by Crippen LogP contribution is 2.19. The summed E-state index contributed by atoms with van der Waals surface area (Å²) in [5.41, 5.74) is 2.04. The van der Waals surface area contributed by atoms with Crippen LogP contribution in [0.25, 0.3) is 0 Å². The smallest absolute Gasteiger partial charge is 0.251 e. The summed E-state index contributed by atoms with van der Waals surface area (Å²) in [7, 11) is -1.09. The summed E-state index contributed by atoms with van der Waals surface area (Å²) in [6.07, 6.45) is 1.57. The standard InChI is InChI=1S/C17H17BrN2O3S/c1-11-9-13(18)5-8-15(11)20-16(21)10-19-17(22)12-3-6-14(7-4-12)24(2)23/h3-9H,10H2,1-2H3,(H,19,22)(H,20,21). The number of amides is 2. The van der Waals surface area contributed by atoms with Gasteiger partial charge >= 0.3 is 0 Å². The number of benzene rings is 2. The molecule has 1 unspecified atom stereocenters. The molecule has 0 bridgehead atoms. The van der Waals surface area contributed by atoms with E-state index in [1.807, 2.05) is 19.1 Å². The summed E-state index contributed by atoms with van der Waals surface area (Å²) in [5.74, 6) is -0.661. The van der Waals surface area contributed by atoms with Crippen LogP contribution in [0.15, 0.2) is 51.8 Å². The van der Waals surface area contributed by atoms with Crippen LogP contribution in [0.2, 0.25) is 0 Å². The molecule has 2 aromatic rings. The Hall–Kier alpha value is -1.99. The van der Waals surface area contributed by atoms with E-state index in [0.717, 1.165) is 10.0 Å². The maximum absolute atomic E-state index is 12.0. The Kier molecular flexibility index (Phi) is 6.28. The minimum Gasteiger partial charge on any atom is -0.343 e. The van der Waals surface area contributed by atoms with E-state index in [4.69, 9.17) is 0 Å². The van der Waals surface area contributed by atoms with E-state index in [1.54, 1.807) is 36.6 Å². The molecule has 2 N–H and O–H groups in total. The van der Waals surface area contributed by atoms with E-state index in [2.05, 4.69) is 26.6 Å². The van der Waals surface area contributed by atoms with Crippen molar-refractivity contribution in [1.82, 2.24) is 5.32 Å². The molecule has 1 atom stereocenters. The fourth-order valence-electron chi connectivity index (χ4n) is 2.02. The van der Waals surface area contributed by atoms with Gasteiger partial charge in [-0.2, -0.15) is 0 Å². The number of nitrogens with one attached hydrogen (secondary N) is 2. The first-order chi connectivity index (χ1) is 11.4. The van der Waals surface area contributed by atoms with Gasteiger partial charge in [0.05, 0.1) is 6.54 Å². The monoisotopic (exact) mass is 408 g/mol. The molecular formula is C17H17BrN2O3S. The van der Waals surface area contributed by atoms with Gasteiger partial charge in [-0.25, -0.2) is 0 Å². The van der Waals surface area contributed by atoms with E-state index in [0.29, 0.717) is 16.1 Å². The van der Waals surface area contributed by atoms with Gasteiger partial charge in [-0.05, 0) is 55.0 Å². The molecule has 2 aromatic carbocycles. The third-order valence-electron chi connectivity index (χ3n) is 3.32. The molecule has 0 spiro atoms. The normalized spacial score (nSPS) is 11.6. The minimum atomic E-state index is -1.09. The molecule has 0 fully saturated rings. The largest absolute Gasteiger partial charge is 0.343 e. The van der Waals surface area contributed by atoms with Gasteiger partial charge in [0, 0.05) is 37.7 Å². The van der Waals surface area contributed by atoms with Gasteiger partial charge in [0.2, 0.25) is 5.91 Å². The molecule has 24 heavy (non-hydrogen) atoms. The van der Waals surface area contributed by atoms with Crippen LogP contribution in [-0.4, -0.2) is 28.8 Å². The summed E-state index contributed by atoms with van der Waals surface area (Å²) >= 11 is 3.36. The van der Waals surface area contributed by atoms with Crippen LogP contribution >= 0.6 is 15.9 Å². The molecule has 0 saturated carbocycles. The van der Waals surface area contributed by atoms with Crippen molar-refractivity contribution in [2.45, 2.75) is 11.8 Å². The van der Waals surface area contributed by atoms with Crippen molar-refractivity contribution in [3.63, 3.8) is 0 Å². The molecule has 126 valence electrons. The lowest BCUT2D eigenvalue weighted by Crippen LogP contribution is -2.33. The Balaban J connectivity index is 1.91. The van der Waals surface area contributed by atoms with Crippen LogP contribution in [0.5, 0.6) is 0 Å². The van der Waals surface area contributed by atoms with Gasteiger partial charge in [0.15, 0.2) is 0 Å². The van der Waals surface area contributed by atoms with Crippen LogP contribution < -0.4 is 10.6 Å². The Labute approximate surface area is 151 Å². The number of hydrogen-bond donors (Lipinski definition) is 2. The van der Waals surface area contributed by atoms with Gasteiger partial charge in [-0.3, -0.25) is 13.8 Å². The average Bonchev–Trinajstić information content (AvgIpc) is 2.55. The molecule has 0 aliphatic heterocycles. The number of anilines is 1. The molecule has 0 radical (unpaired) electrons. The molecule has 0 aliphatic carbocycles. The Morgan fingerprint density at radius 2 is 1.79 bits per heavy atom. The molecule has 2 rings (SSSR count). The molecule has 5 nitrogen and oxygen atoms in total. The van der Waals surface area contributed by atoms with Gasteiger partial charge in [0.1, 0.15) is 0 Å².